The van der Waals surface area contributed by atoms with Crippen molar-refractivity contribution in [1.82, 2.24) is 13.9 Å². The molecular weight excluding hydrogens is 258 g/mol. The average molecular weight is 277 g/mol. The van der Waals surface area contributed by atoms with Crippen LogP contribution in [0.3, 0.4) is 0 Å². The molecule has 2 saturated heterocycles. The molecule has 2 fully saturated rings. The van der Waals surface area contributed by atoms with Gasteiger partial charge in [0.2, 0.25) is 0 Å². The lowest BCUT2D eigenvalue weighted by molar-refractivity contribution is -0.142. The van der Waals surface area contributed by atoms with E-state index in [2.05, 4.69) is 5.32 Å². The monoisotopic (exact) mass is 277 g/mol. The summed E-state index contributed by atoms with van der Waals surface area (Å²) in [6.45, 7) is 2.94. The van der Waals surface area contributed by atoms with Crippen LogP contribution in [0.2, 0.25) is 0 Å². The van der Waals surface area contributed by atoms with Crippen LogP contribution in [0.25, 0.3) is 0 Å². The molecule has 8 heteroatoms. The van der Waals surface area contributed by atoms with Crippen LogP contribution in [-0.2, 0) is 15.0 Å². The molecule has 0 aromatic carbocycles. The number of carboxylic acids is 1. The second-order valence-corrected chi connectivity index (χ2v) is 6.60. The molecule has 0 unspecified atom stereocenters. The number of piperazine rings is 1. The Morgan fingerprint density at radius 3 is 2.06 bits per heavy atom. The number of carboxylic acid groups (broad SMARTS) is 1. The SMILES string of the molecule is O=C(O)C1CCN(S(=O)(=O)N2CCNCC2)CC1. The summed E-state index contributed by atoms with van der Waals surface area (Å²) in [5.41, 5.74) is 0. The molecule has 0 aromatic rings. The summed E-state index contributed by atoms with van der Waals surface area (Å²) >= 11 is 0. The maximum Gasteiger partial charge on any atom is 0.306 e. The Morgan fingerprint density at radius 1 is 1.06 bits per heavy atom. The van der Waals surface area contributed by atoms with E-state index in [0.717, 1.165) is 0 Å². The molecular formula is C10H19N3O4S. The van der Waals surface area contributed by atoms with Gasteiger partial charge in [0.15, 0.2) is 0 Å². The number of carbonyl (C=O) groups is 1. The Labute approximate surface area is 107 Å². The molecule has 2 N–H and O–H groups in total. The molecule has 0 bridgehead atoms. The summed E-state index contributed by atoms with van der Waals surface area (Å²) < 4.78 is 27.5. The summed E-state index contributed by atoms with van der Waals surface area (Å²) in [4.78, 5) is 10.8. The topological polar surface area (TPSA) is 90.0 Å². The van der Waals surface area contributed by atoms with Gasteiger partial charge >= 0.3 is 5.97 Å². The largest absolute Gasteiger partial charge is 0.481 e. The zero-order valence-electron chi connectivity index (χ0n) is 10.2. The molecule has 2 heterocycles. The fraction of sp³-hybridized carbons (Fsp3) is 0.900. The first-order valence-corrected chi connectivity index (χ1v) is 7.60. The van der Waals surface area contributed by atoms with Crippen molar-refractivity contribution in [2.45, 2.75) is 12.8 Å². The molecule has 0 radical (unpaired) electrons. The molecule has 0 amide bonds. The summed E-state index contributed by atoms with van der Waals surface area (Å²) in [7, 11) is -3.40. The highest BCUT2D eigenvalue weighted by molar-refractivity contribution is 7.86. The highest BCUT2D eigenvalue weighted by atomic mass is 32.2. The number of hydrogen-bond donors (Lipinski definition) is 2. The molecule has 2 rings (SSSR count). The standard InChI is InChI=1S/C10H19N3O4S/c14-10(15)9-1-5-12(6-2-9)18(16,17)13-7-3-11-4-8-13/h9,11H,1-8H2,(H,14,15). The van der Waals surface area contributed by atoms with Crippen LogP contribution in [-0.4, -0.2) is 67.4 Å². The third-order valence-electron chi connectivity index (χ3n) is 3.53. The van der Waals surface area contributed by atoms with Gasteiger partial charge in [-0.3, -0.25) is 4.79 Å². The van der Waals surface area contributed by atoms with Crippen LogP contribution in [0.5, 0.6) is 0 Å². The van der Waals surface area contributed by atoms with Crippen molar-refractivity contribution in [2.75, 3.05) is 39.3 Å². The Morgan fingerprint density at radius 2 is 1.56 bits per heavy atom. The minimum absolute atomic E-state index is 0.309. The van der Waals surface area contributed by atoms with E-state index in [1.807, 2.05) is 0 Å². The van der Waals surface area contributed by atoms with Gasteiger partial charge in [-0.2, -0.15) is 17.0 Å². The van der Waals surface area contributed by atoms with Crippen molar-refractivity contribution in [1.29, 1.82) is 0 Å². The average Bonchev–Trinajstić information content (AvgIpc) is 2.40. The number of rotatable bonds is 3. The second kappa shape index (κ2) is 5.52. The predicted molar refractivity (Wildman–Crippen MR) is 65.3 cm³/mol. The van der Waals surface area contributed by atoms with Crippen molar-refractivity contribution in [2.24, 2.45) is 5.92 Å². The molecule has 104 valence electrons. The smallest absolute Gasteiger partial charge is 0.306 e. The van der Waals surface area contributed by atoms with Gasteiger partial charge in [0.1, 0.15) is 0 Å². The van der Waals surface area contributed by atoms with E-state index in [1.54, 1.807) is 0 Å². The molecule has 0 atom stereocenters. The van der Waals surface area contributed by atoms with Crippen molar-refractivity contribution >= 4 is 16.2 Å². The quantitative estimate of drug-likeness (QED) is 0.686. The van der Waals surface area contributed by atoms with Crippen LogP contribution in [0, 0.1) is 5.92 Å². The molecule has 18 heavy (non-hydrogen) atoms. The van der Waals surface area contributed by atoms with Crippen LogP contribution in [0.4, 0.5) is 0 Å². The van der Waals surface area contributed by atoms with Gasteiger partial charge in [-0.15, -0.1) is 0 Å². The molecule has 0 spiro atoms. The molecule has 0 aromatic heterocycles. The predicted octanol–water partition coefficient (Wildman–Crippen LogP) is -1.07. The van der Waals surface area contributed by atoms with Gasteiger partial charge in [0, 0.05) is 39.3 Å². The highest BCUT2D eigenvalue weighted by Gasteiger charge is 2.34. The lowest BCUT2D eigenvalue weighted by Gasteiger charge is -2.35. The lowest BCUT2D eigenvalue weighted by atomic mass is 9.99. The molecule has 0 aliphatic carbocycles. The maximum absolute atomic E-state index is 12.3. The molecule has 7 nitrogen and oxygen atoms in total. The van der Waals surface area contributed by atoms with Gasteiger partial charge < -0.3 is 10.4 Å². The fourth-order valence-electron chi connectivity index (χ4n) is 2.37. The molecule has 2 aliphatic heterocycles. The molecule has 0 saturated carbocycles. The van der Waals surface area contributed by atoms with Crippen LogP contribution < -0.4 is 5.32 Å². The highest BCUT2D eigenvalue weighted by Crippen LogP contribution is 2.21. The van der Waals surface area contributed by atoms with E-state index in [0.29, 0.717) is 52.1 Å². The van der Waals surface area contributed by atoms with Gasteiger partial charge in [-0.1, -0.05) is 0 Å². The first kappa shape index (κ1) is 13.7. The van der Waals surface area contributed by atoms with E-state index >= 15 is 0 Å². The number of hydrogen-bond acceptors (Lipinski definition) is 4. The van der Waals surface area contributed by atoms with E-state index < -0.39 is 22.1 Å². The first-order valence-electron chi connectivity index (χ1n) is 6.20. The van der Waals surface area contributed by atoms with Crippen LogP contribution in [0.1, 0.15) is 12.8 Å². The second-order valence-electron chi connectivity index (χ2n) is 4.67. The van der Waals surface area contributed by atoms with E-state index in [1.165, 1.54) is 8.61 Å². The van der Waals surface area contributed by atoms with Gasteiger partial charge in [0.05, 0.1) is 5.92 Å². The molecule has 2 aliphatic rings. The zero-order valence-corrected chi connectivity index (χ0v) is 11.0. The van der Waals surface area contributed by atoms with Gasteiger partial charge in [0.25, 0.3) is 10.2 Å². The van der Waals surface area contributed by atoms with Crippen molar-refractivity contribution in [3.63, 3.8) is 0 Å². The zero-order chi connectivity index (χ0) is 13.2. The van der Waals surface area contributed by atoms with Crippen molar-refractivity contribution < 1.29 is 18.3 Å². The third kappa shape index (κ3) is 2.82. The third-order valence-corrected chi connectivity index (χ3v) is 5.57. The van der Waals surface area contributed by atoms with Crippen molar-refractivity contribution in [3.8, 4) is 0 Å². The maximum atomic E-state index is 12.3. The number of aliphatic carboxylic acids is 1. The fourth-order valence-corrected chi connectivity index (χ4v) is 4.01. The van der Waals surface area contributed by atoms with E-state index in [4.69, 9.17) is 5.11 Å². The summed E-state index contributed by atoms with van der Waals surface area (Å²) in [6, 6.07) is 0. The van der Waals surface area contributed by atoms with E-state index in [9.17, 15) is 13.2 Å². The number of nitrogens with one attached hydrogen (secondary N) is 1. The summed E-state index contributed by atoms with van der Waals surface area (Å²) in [5, 5.41) is 12.0. The minimum atomic E-state index is -3.40. The Kier molecular flexibility index (Phi) is 4.21. The van der Waals surface area contributed by atoms with Crippen molar-refractivity contribution in [3.05, 3.63) is 0 Å². The van der Waals surface area contributed by atoms with Crippen LogP contribution >= 0.6 is 0 Å². The summed E-state index contributed by atoms with van der Waals surface area (Å²) in [5.74, 6) is -1.23. The number of nitrogens with zero attached hydrogens (tertiary/aromatic N) is 2. The normalized spacial score (nSPS) is 25.1. The Hall–Kier alpha value is -0.700. The Bertz CT molecular complexity index is 397. The first-order chi connectivity index (χ1) is 8.51. The minimum Gasteiger partial charge on any atom is -0.481 e. The summed E-state index contributed by atoms with van der Waals surface area (Å²) in [6.07, 6.45) is 0.807. The van der Waals surface area contributed by atoms with Crippen LogP contribution in [0.15, 0.2) is 0 Å². The van der Waals surface area contributed by atoms with Gasteiger partial charge in [-0.25, -0.2) is 0 Å². The lowest BCUT2D eigenvalue weighted by Crippen LogP contribution is -2.53. The van der Waals surface area contributed by atoms with E-state index in [-0.39, 0.29) is 0 Å². The number of piperidine rings is 1. The Balaban J connectivity index is 1.97. The van der Waals surface area contributed by atoms with Gasteiger partial charge in [-0.05, 0) is 12.8 Å².